The first kappa shape index (κ1) is 20.5. The van der Waals surface area contributed by atoms with Crippen molar-refractivity contribution in [3.05, 3.63) is 57.4 Å². The zero-order valence-corrected chi connectivity index (χ0v) is 18.7. The Morgan fingerprint density at radius 3 is 2.38 bits per heavy atom. The Balaban J connectivity index is 1.42. The van der Waals surface area contributed by atoms with Crippen LogP contribution >= 0.6 is 34.3 Å². The van der Waals surface area contributed by atoms with E-state index in [1.807, 2.05) is 19.1 Å². The number of amides is 1. The Labute approximate surface area is 182 Å². The molecule has 1 aliphatic heterocycles. The molecule has 10 heteroatoms. The molecular formula is C19H18ClN3O3S3. The second kappa shape index (κ2) is 8.16. The van der Waals surface area contributed by atoms with Gasteiger partial charge in [-0.1, -0.05) is 23.7 Å². The summed E-state index contributed by atoms with van der Waals surface area (Å²) in [6.45, 7) is 3.12. The molecule has 29 heavy (non-hydrogen) atoms. The maximum atomic E-state index is 12.8. The van der Waals surface area contributed by atoms with E-state index in [0.29, 0.717) is 28.0 Å². The predicted molar refractivity (Wildman–Crippen MR) is 116 cm³/mol. The molecule has 0 bridgehead atoms. The van der Waals surface area contributed by atoms with E-state index in [0.717, 1.165) is 15.4 Å². The number of halogens is 1. The van der Waals surface area contributed by atoms with E-state index < -0.39 is 10.0 Å². The molecule has 0 aliphatic carbocycles. The number of benzene rings is 1. The van der Waals surface area contributed by atoms with Crippen LogP contribution in [0.3, 0.4) is 0 Å². The van der Waals surface area contributed by atoms with Gasteiger partial charge in [0.2, 0.25) is 0 Å². The minimum Gasteiger partial charge on any atom is -0.335 e. The second-order valence-electron chi connectivity index (χ2n) is 6.61. The smallest absolute Gasteiger partial charge is 0.273 e. The quantitative estimate of drug-likeness (QED) is 0.581. The number of carbonyl (C=O) groups is 1. The summed E-state index contributed by atoms with van der Waals surface area (Å²) in [5.41, 5.74) is 1.28. The summed E-state index contributed by atoms with van der Waals surface area (Å²) < 4.78 is 27.3. The molecule has 1 fully saturated rings. The molecule has 0 N–H and O–H groups in total. The van der Waals surface area contributed by atoms with Crippen molar-refractivity contribution in [1.82, 2.24) is 14.2 Å². The number of sulfonamides is 1. The highest BCUT2D eigenvalue weighted by Gasteiger charge is 2.31. The first-order valence-electron chi connectivity index (χ1n) is 8.92. The van der Waals surface area contributed by atoms with E-state index >= 15 is 0 Å². The summed E-state index contributed by atoms with van der Waals surface area (Å²) in [5.74, 6) is -0.175. The third-order valence-electron chi connectivity index (χ3n) is 4.65. The van der Waals surface area contributed by atoms with E-state index in [1.54, 1.807) is 34.5 Å². The molecule has 0 radical (unpaired) electrons. The largest absolute Gasteiger partial charge is 0.335 e. The topological polar surface area (TPSA) is 70.6 Å². The Morgan fingerprint density at radius 2 is 1.76 bits per heavy atom. The third kappa shape index (κ3) is 4.24. The van der Waals surface area contributed by atoms with E-state index in [2.05, 4.69) is 4.98 Å². The van der Waals surface area contributed by atoms with Gasteiger partial charge in [0.15, 0.2) is 0 Å². The molecule has 0 atom stereocenters. The molecule has 3 aromatic rings. The number of carbonyl (C=O) groups excluding carboxylic acids is 1. The number of thiophene rings is 1. The van der Waals surface area contributed by atoms with Crippen LogP contribution < -0.4 is 0 Å². The van der Waals surface area contributed by atoms with Crippen molar-refractivity contribution in [2.45, 2.75) is 11.1 Å². The lowest BCUT2D eigenvalue weighted by atomic mass is 10.2. The Bertz CT molecular complexity index is 1130. The first-order valence-corrected chi connectivity index (χ1v) is 12.4. The normalized spacial score (nSPS) is 15.6. The van der Waals surface area contributed by atoms with Crippen molar-refractivity contribution in [3.8, 4) is 10.6 Å². The molecule has 1 amide bonds. The van der Waals surface area contributed by atoms with Gasteiger partial charge in [0.1, 0.15) is 14.9 Å². The summed E-state index contributed by atoms with van der Waals surface area (Å²) in [6.07, 6.45) is 0. The van der Waals surface area contributed by atoms with Crippen molar-refractivity contribution >= 4 is 50.2 Å². The summed E-state index contributed by atoms with van der Waals surface area (Å²) >= 11 is 8.58. The second-order valence-corrected chi connectivity index (χ2v) is 11.4. The van der Waals surface area contributed by atoms with Gasteiger partial charge in [-0.15, -0.1) is 22.7 Å². The highest BCUT2D eigenvalue weighted by atomic mass is 35.5. The van der Waals surface area contributed by atoms with Crippen LogP contribution in [0, 0.1) is 6.92 Å². The zero-order valence-electron chi connectivity index (χ0n) is 15.5. The molecule has 1 saturated heterocycles. The molecule has 3 heterocycles. The van der Waals surface area contributed by atoms with Gasteiger partial charge in [-0.25, -0.2) is 13.4 Å². The van der Waals surface area contributed by atoms with Gasteiger partial charge in [0, 0.05) is 47.0 Å². The molecule has 0 spiro atoms. The molecule has 2 aromatic heterocycles. The number of rotatable bonds is 4. The molecule has 0 saturated carbocycles. The van der Waals surface area contributed by atoms with Crippen molar-refractivity contribution in [1.29, 1.82) is 0 Å². The molecule has 6 nitrogen and oxygen atoms in total. The predicted octanol–water partition coefficient (Wildman–Crippen LogP) is 3.98. The number of nitrogens with zero attached hydrogens (tertiary/aromatic N) is 3. The lowest BCUT2D eigenvalue weighted by molar-refractivity contribution is 0.0693. The molecular weight excluding hydrogens is 450 g/mol. The Morgan fingerprint density at radius 1 is 1.07 bits per heavy atom. The summed E-state index contributed by atoms with van der Waals surface area (Å²) in [4.78, 5) is 19.9. The number of hydrogen-bond donors (Lipinski definition) is 0. The van der Waals surface area contributed by atoms with Gasteiger partial charge >= 0.3 is 0 Å². The highest BCUT2D eigenvalue weighted by Crippen LogP contribution is 2.27. The number of piperazine rings is 1. The van der Waals surface area contributed by atoms with Crippen LogP contribution in [0.1, 0.15) is 15.4 Å². The third-order valence-corrected chi connectivity index (χ3v) is 9.16. The number of aryl methyl sites for hydroxylation is 1. The fraction of sp³-hybridized carbons (Fsp3) is 0.263. The van der Waals surface area contributed by atoms with Crippen LogP contribution in [-0.2, 0) is 10.0 Å². The van der Waals surface area contributed by atoms with E-state index in [4.69, 9.17) is 11.6 Å². The van der Waals surface area contributed by atoms with Gasteiger partial charge in [-0.3, -0.25) is 4.79 Å². The lowest BCUT2D eigenvalue weighted by Crippen LogP contribution is -2.50. The maximum Gasteiger partial charge on any atom is 0.273 e. The summed E-state index contributed by atoms with van der Waals surface area (Å²) in [5, 5.41) is 3.13. The van der Waals surface area contributed by atoms with Gasteiger partial charge in [-0.2, -0.15) is 4.31 Å². The molecule has 0 unspecified atom stereocenters. The van der Waals surface area contributed by atoms with Crippen LogP contribution in [0.2, 0.25) is 5.02 Å². The average molecular weight is 468 g/mol. The average Bonchev–Trinajstić information content (AvgIpc) is 3.38. The van der Waals surface area contributed by atoms with Crippen LogP contribution in [0.5, 0.6) is 0 Å². The van der Waals surface area contributed by atoms with Crippen LogP contribution in [0.15, 0.2) is 46.0 Å². The van der Waals surface area contributed by atoms with E-state index in [1.165, 1.54) is 27.0 Å². The fourth-order valence-corrected chi connectivity index (χ4v) is 6.85. The Kier molecular flexibility index (Phi) is 5.76. The maximum absolute atomic E-state index is 12.8. The minimum atomic E-state index is -3.50. The number of hydrogen-bond acceptors (Lipinski definition) is 6. The van der Waals surface area contributed by atoms with Crippen LogP contribution in [0.25, 0.3) is 10.6 Å². The molecule has 4 rings (SSSR count). The highest BCUT2D eigenvalue weighted by molar-refractivity contribution is 7.91. The van der Waals surface area contributed by atoms with Crippen LogP contribution in [0.4, 0.5) is 0 Å². The van der Waals surface area contributed by atoms with Crippen molar-refractivity contribution in [3.63, 3.8) is 0 Å². The van der Waals surface area contributed by atoms with Crippen molar-refractivity contribution in [2.24, 2.45) is 0 Å². The number of aromatic nitrogens is 1. The molecule has 152 valence electrons. The summed E-state index contributed by atoms with van der Waals surface area (Å²) in [7, 11) is -3.50. The minimum absolute atomic E-state index is 0.175. The Hall–Kier alpha value is -1.78. The SMILES string of the molecule is Cc1ccc(S(=O)(=O)N2CCN(C(=O)c3csc(-c4ccc(Cl)cc4)n3)CC2)s1. The van der Waals surface area contributed by atoms with Gasteiger partial charge in [0.05, 0.1) is 0 Å². The van der Waals surface area contributed by atoms with Crippen molar-refractivity contribution in [2.75, 3.05) is 26.2 Å². The lowest BCUT2D eigenvalue weighted by Gasteiger charge is -2.33. The molecule has 1 aliphatic rings. The standard InChI is InChI=1S/C19H18ClN3O3S3/c1-13-2-7-17(28-13)29(25,26)23-10-8-22(9-11-23)19(24)16-12-27-18(21-16)14-3-5-15(20)6-4-14/h2-7,12H,8-11H2,1H3. The fourth-order valence-electron chi connectivity index (χ4n) is 3.07. The monoisotopic (exact) mass is 467 g/mol. The van der Waals surface area contributed by atoms with E-state index in [-0.39, 0.29) is 19.0 Å². The van der Waals surface area contributed by atoms with Gasteiger partial charge in [0.25, 0.3) is 15.9 Å². The van der Waals surface area contributed by atoms with E-state index in [9.17, 15) is 13.2 Å². The first-order chi connectivity index (χ1) is 13.8. The molecule has 1 aromatic carbocycles. The van der Waals surface area contributed by atoms with Crippen LogP contribution in [-0.4, -0.2) is 54.7 Å². The summed E-state index contributed by atoms with van der Waals surface area (Å²) in [6, 6.07) is 10.7. The number of thiazole rings is 1. The van der Waals surface area contributed by atoms with Crippen molar-refractivity contribution < 1.29 is 13.2 Å². The van der Waals surface area contributed by atoms with Gasteiger partial charge < -0.3 is 4.90 Å². The van der Waals surface area contributed by atoms with Gasteiger partial charge in [-0.05, 0) is 31.2 Å². The zero-order chi connectivity index (χ0) is 20.6.